The first-order chi connectivity index (χ1) is 11.1. The molecule has 8 heteroatoms. The molecular formula is C15H15N5O3. The van der Waals surface area contributed by atoms with Crippen molar-refractivity contribution in [2.24, 2.45) is 0 Å². The summed E-state index contributed by atoms with van der Waals surface area (Å²) in [6.07, 6.45) is 0. The molecule has 0 aliphatic carbocycles. The van der Waals surface area contributed by atoms with Gasteiger partial charge in [0.1, 0.15) is 5.69 Å². The van der Waals surface area contributed by atoms with E-state index in [2.05, 4.69) is 20.8 Å². The number of anilines is 2. The maximum atomic E-state index is 12.2. The van der Waals surface area contributed by atoms with E-state index >= 15 is 0 Å². The number of H-pyrrole nitrogens is 1. The van der Waals surface area contributed by atoms with E-state index in [1.165, 1.54) is 12.1 Å². The summed E-state index contributed by atoms with van der Waals surface area (Å²) < 4.78 is 0. The SMILES string of the molecule is O=C1CN(c2ccccc2NC(=O)c2ccc(=O)[nH]n2)CCN1. The number of nitrogens with one attached hydrogen (secondary N) is 3. The van der Waals surface area contributed by atoms with Crippen LogP contribution in [0.15, 0.2) is 41.2 Å². The number of para-hydroxylation sites is 2. The average molecular weight is 313 g/mol. The van der Waals surface area contributed by atoms with E-state index in [0.717, 1.165) is 5.69 Å². The summed E-state index contributed by atoms with van der Waals surface area (Å²) in [5.41, 5.74) is 1.08. The Hall–Kier alpha value is -3.16. The van der Waals surface area contributed by atoms with E-state index in [9.17, 15) is 14.4 Å². The zero-order chi connectivity index (χ0) is 16.2. The molecule has 1 fully saturated rings. The number of nitrogens with zero attached hydrogens (tertiary/aromatic N) is 2. The standard InChI is InChI=1S/C15H15N5O3/c21-13-6-5-11(18-19-13)15(23)17-10-3-1-2-4-12(10)20-8-7-16-14(22)9-20/h1-6H,7-9H2,(H,16,22)(H,17,23)(H,19,21). The lowest BCUT2D eigenvalue weighted by atomic mass is 10.2. The Balaban J connectivity index is 1.82. The van der Waals surface area contributed by atoms with E-state index in [-0.39, 0.29) is 23.7 Å². The quantitative estimate of drug-likeness (QED) is 0.737. The predicted molar refractivity (Wildman–Crippen MR) is 84.5 cm³/mol. The fourth-order valence-corrected chi connectivity index (χ4v) is 2.36. The molecule has 1 saturated heterocycles. The third-order valence-electron chi connectivity index (χ3n) is 3.44. The number of carbonyl (C=O) groups excluding carboxylic acids is 2. The van der Waals surface area contributed by atoms with Crippen LogP contribution in [0.4, 0.5) is 11.4 Å². The Kier molecular flexibility index (Phi) is 4.05. The van der Waals surface area contributed by atoms with Crippen LogP contribution in [-0.4, -0.2) is 41.6 Å². The van der Waals surface area contributed by atoms with Crippen molar-refractivity contribution in [1.29, 1.82) is 0 Å². The van der Waals surface area contributed by atoms with Crippen molar-refractivity contribution in [1.82, 2.24) is 15.5 Å². The molecule has 2 amide bonds. The molecule has 0 spiro atoms. The van der Waals surface area contributed by atoms with Gasteiger partial charge in [-0.15, -0.1) is 0 Å². The van der Waals surface area contributed by atoms with Crippen LogP contribution in [0.25, 0.3) is 0 Å². The molecular weight excluding hydrogens is 298 g/mol. The van der Waals surface area contributed by atoms with Crippen LogP contribution in [-0.2, 0) is 4.79 Å². The van der Waals surface area contributed by atoms with Gasteiger partial charge in [0.2, 0.25) is 5.91 Å². The molecule has 3 N–H and O–H groups in total. The van der Waals surface area contributed by atoms with Crippen LogP contribution >= 0.6 is 0 Å². The monoisotopic (exact) mass is 313 g/mol. The normalized spacial score (nSPS) is 14.3. The first-order valence-corrected chi connectivity index (χ1v) is 7.11. The number of hydrogen-bond donors (Lipinski definition) is 3. The van der Waals surface area contributed by atoms with Crippen molar-refractivity contribution in [3.05, 3.63) is 52.4 Å². The minimum absolute atomic E-state index is 0.0559. The molecule has 2 aromatic rings. The molecule has 0 atom stereocenters. The molecule has 0 saturated carbocycles. The topological polar surface area (TPSA) is 107 Å². The van der Waals surface area contributed by atoms with Crippen molar-refractivity contribution < 1.29 is 9.59 Å². The fourth-order valence-electron chi connectivity index (χ4n) is 2.36. The molecule has 0 unspecified atom stereocenters. The summed E-state index contributed by atoms with van der Waals surface area (Å²) >= 11 is 0. The Labute approximate surface area is 131 Å². The lowest BCUT2D eigenvalue weighted by Crippen LogP contribution is -2.47. The smallest absolute Gasteiger partial charge is 0.276 e. The van der Waals surface area contributed by atoms with E-state index in [1.54, 1.807) is 12.1 Å². The summed E-state index contributed by atoms with van der Waals surface area (Å²) in [5, 5.41) is 11.4. The van der Waals surface area contributed by atoms with Crippen molar-refractivity contribution in [3.8, 4) is 0 Å². The van der Waals surface area contributed by atoms with Crippen LogP contribution in [0.3, 0.4) is 0 Å². The summed E-state index contributed by atoms with van der Waals surface area (Å²) in [6.45, 7) is 1.46. The minimum atomic E-state index is -0.435. The molecule has 2 heterocycles. The van der Waals surface area contributed by atoms with Gasteiger partial charge in [0, 0.05) is 19.2 Å². The molecule has 23 heavy (non-hydrogen) atoms. The second kappa shape index (κ2) is 6.30. The second-order valence-electron chi connectivity index (χ2n) is 5.05. The molecule has 1 aromatic carbocycles. The van der Waals surface area contributed by atoms with Gasteiger partial charge in [-0.05, 0) is 18.2 Å². The summed E-state index contributed by atoms with van der Waals surface area (Å²) in [7, 11) is 0. The predicted octanol–water partition coefficient (Wildman–Crippen LogP) is -0.0416. The lowest BCUT2D eigenvalue weighted by Gasteiger charge is -2.30. The number of benzene rings is 1. The van der Waals surface area contributed by atoms with Crippen molar-refractivity contribution >= 4 is 23.2 Å². The Morgan fingerprint density at radius 2 is 2.00 bits per heavy atom. The number of carbonyl (C=O) groups is 2. The molecule has 8 nitrogen and oxygen atoms in total. The van der Waals surface area contributed by atoms with Gasteiger partial charge in [-0.1, -0.05) is 12.1 Å². The second-order valence-corrected chi connectivity index (χ2v) is 5.05. The highest BCUT2D eigenvalue weighted by Gasteiger charge is 2.20. The average Bonchev–Trinajstić information content (AvgIpc) is 2.56. The molecule has 118 valence electrons. The van der Waals surface area contributed by atoms with Crippen LogP contribution in [0.1, 0.15) is 10.5 Å². The summed E-state index contributed by atoms with van der Waals surface area (Å²) in [5.74, 6) is -0.491. The number of hydrogen-bond acceptors (Lipinski definition) is 5. The van der Waals surface area contributed by atoms with Crippen LogP contribution < -0.4 is 21.1 Å². The first kappa shape index (κ1) is 14.8. The Bertz CT molecular complexity index is 781. The van der Waals surface area contributed by atoms with E-state index in [1.807, 2.05) is 17.0 Å². The minimum Gasteiger partial charge on any atom is -0.359 e. The van der Waals surface area contributed by atoms with Gasteiger partial charge in [-0.2, -0.15) is 5.10 Å². The summed E-state index contributed by atoms with van der Waals surface area (Å²) in [6, 6.07) is 9.83. The maximum Gasteiger partial charge on any atom is 0.276 e. The van der Waals surface area contributed by atoms with Crippen LogP contribution in [0.5, 0.6) is 0 Å². The number of aromatic amines is 1. The van der Waals surface area contributed by atoms with E-state index in [0.29, 0.717) is 18.8 Å². The zero-order valence-corrected chi connectivity index (χ0v) is 12.2. The zero-order valence-electron chi connectivity index (χ0n) is 12.2. The van der Waals surface area contributed by atoms with Gasteiger partial charge in [0.05, 0.1) is 17.9 Å². The van der Waals surface area contributed by atoms with Crippen molar-refractivity contribution in [2.45, 2.75) is 0 Å². The lowest BCUT2D eigenvalue weighted by molar-refractivity contribution is -0.120. The first-order valence-electron chi connectivity index (χ1n) is 7.11. The van der Waals surface area contributed by atoms with Gasteiger partial charge < -0.3 is 15.5 Å². The largest absolute Gasteiger partial charge is 0.359 e. The maximum absolute atomic E-state index is 12.2. The summed E-state index contributed by atoms with van der Waals surface area (Å²) in [4.78, 5) is 36.7. The molecule has 3 rings (SSSR count). The Morgan fingerprint density at radius 1 is 1.17 bits per heavy atom. The fraction of sp³-hybridized carbons (Fsp3) is 0.200. The molecule has 0 radical (unpaired) electrons. The van der Waals surface area contributed by atoms with Gasteiger partial charge in [0.25, 0.3) is 11.5 Å². The van der Waals surface area contributed by atoms with Crippen molar-refractivity contribution in [2.75, 3.05) is 29.9 Å². The molecule has 1 aliphatic heterocycles. The third-order valence-corrected chi connectivity index (χ3v) is 3.44. The van der Waals surface area contributed by atoms with Gasteiger partial charge in [-0.25, -0.2) is 5.10 Å². The third kappa shape index (κ3) is 3.37. The van der Waals surface area contributed by atoms with Crippen LogP contribution in [0, 0.1) is 0 Å². The molecule has 1 aliphatic rings. The van der Waals surface area contributed by atoms with Gasteiger partial charge >= 0.3 is 0 Å². The number of rotatable bonds is 3. The molecule has 1 aromatic heterocycles. The van der Waals surface area contributed by atoms with Gasteiger partial charge in [-0.3, -0.25) is 14.4 Å². The highest BCUT2D eigenvalue weighted by molar-refractivity contribution is 6.04. The number of aromatic nitrogens is 2. The van der Waals surface area contributed by atoms with Gasteiger partial charge in [0.15, 0.2) is 0 Å². The highest BCUT2D eigenvalue weighted by atomic mass is 16.2. The van der Waals surface area contributed by atoms with Crippen LogP contribution in [0.2, 0.25) is 0 Å². The van der Waals surface area contributed by atoms with Crippen molar-refractivity contribution in [3.63, 3.8) is 0 Å². The highest BCUT2D eigenvalue weighted by Crippen LogP contribution is 2.26. The number of piperazine rings is 1. The van der Waals surface area contributed by atoms with E-state index < -0.39 is 5.91 Å². The molecule has 0 bridgehead atoms. The van der Waals surface area contributed by atoms with E-state index in [4.69, 9.17) is 0 Å². The number of amides is 2. The Morgan fingerprint density at radius 3 is 2.74 bits per heavy atom.